The first kappa shape index (κ1) is 16.5. The molecule has 0 heterocycles. The summed E-state index contributed by atoms with van der Waals surface area (Å²) in [6.07, 6.45) is 0. The summed E-state index contributed by atoms with van der Waals surface area (Å²) in [4.78, 5) is 23.8. The highest BCUT2D eigenvalue weighted by Crippen LogP contribution is 2.20. The quantitative estimate of drug-likeness (QED) is 0.781. The van der Waals surface area contributed by atoms with Gasteiger partial charge >= 0.3 is 0 Å². The van der Waals surface area contributed by atoms with E-state index < -0.39 is 0 Å². The maximum atomic E-state index is 12.0. The lowest BCUT2D eigenvalue weighted by Crippen LogP contribution is -2.34. The molecule has 0 bridgehead atoms. The summed E-state index contributed by atoms with van der Waals surface area (Å²) in [7, 11) is 0. The number of amides is 2. The average molecular weight is 382 g/mol. The van der Waals surface area contributed by atoms with E-state index in [1.54, 1.807) is 42.5 Å². The van der Waals surface area contributed by atoms with Crippen LogP contribution in [0.1, 0.15) is 20.7 Å². The van der Waals surface area contributed by atoms with E-state index in [1.165, 1.54) is 0 Å². The van der Waals surface area contributed by atoms with Crippen LogP contribution in [-0.2, 0) is 0 Å². The molecule has 0 fully saturated rings. The van der Waals surface area contributed by atoms with E-state index in [-0.39, 0.29) is 11.8 Å². The molecule has 0 saturated carbocycles. The molecule has 4 nitrogen and oxygen atoms in total. The zero-order valence-electron chi connectivity index (χ0n) is 11.6. The molecule has 6 heteroatoms. The molecule has 2 aromatic rings. The number of benzene rings is 2. The van der Waals surface area contributed by atoms with Crippen LogP contribution in [-0.4, -0.2) is 24.9 Å². The van der Waals surface area contributed by atoms with Gasteiger partial charge in [0, 0.05) is 23.1 Å². The third-order valence-electron chi connectivity index (χ3n) is 2.91. The predicted molar refractivity (Wildman–Crippen MR) is 90.3 cm³/mol. The Hall–Kier alpha value is -1.85. The minimum absolute atomic E-state index is 0.171. The molecular formula is C16H14BrClN2O2. The normalized spacial score (nSPS) is 10.1. The van der Waals surface area contributed by atoms with Gasteiger partial charge in [0.25, 0.3) is 11.8 Å². The number of hydrogen-bond acceptors (Lipinski definition) is 2. The van der Waals surface area contributed by atoms with E-state index in [2.05, 4.69) is 26.6 Å². The molecule has 114 valence electrons. The van der Waals surface area contributed by atoms with Crippen molar-refractivity contribution in [2.45, 2.75) is 0 Å². The molecule has 0 aliphatic rings. The summed E-state index contributed by atoms with van der Waals surface area (Å²) in [6.45, 7) is 0.658. The lowest BCUT2D eigenvalue weighted by Gasteiger charge is -2.08. The van der Waals surface area contributed by atoms with Gasteiger partial charge in [0.05, 0.1) is 10.6 Å². The second-order valence-corrected chi connectivity index (χ2v) is 5.82. The molecular weight excluding hydrogens is 368 g/mol. The van der Waals surface area contributed by atoms with Crippen LogP contribution in [0.4, 0.5) is 0 Å². The van der Waals surface area contributed by atoms with Gasteiger partial charge in [-0.1, -0.05) is 45.7 Å². The van der Waals surface area contributed by atoms with E-state index in [4.69, 9.17) is 11.6 Å². The first-order chi connectivity index (χ1) is 10.6. The van der Waals surface area contributed by atoms with Crippen molar-refractivity contribution in [1.29, 1.82) is 0 Å². The molecule has 2 aromatic carbocycles. The van der Waals surface area contributed by atoms with Crippen molar-refractivity contribution in [1.82, 2.24) is 10.6 Å². The van der Waals surface area contributed by atoms with Crippen LogP contribution < -0.4 is 10.6 Å². The summed E-state index contributed by atoms with van der Waals surface area (Å²) in [6, 6.07) is 14.0. The third kappa shape index (κ3) is 4.58. The molecule has 0 aliphatic carbocycles. The fourth-order valence-electron chi connectivity index (χ4n) is 1.81. The molecule has 2 N–H and O–H groups in total. The highest BCUT2D eigenvalue weighted by Gasteiger charge is 2.10. The summed E-state index contributed by atoms with van der Waals surface area (Å²) >= 11 is 9.28. The second kappa shape index (κ2) is 7.96. The first-order valence-corrected chi connectivity index (χ1v) is 7.81. The van der Waals surface area contributed by atoms with E-state index >= 15 is 0 Å². The zero-order valence-corrected chi connectivity index (χ0v) is 13.9. The van der Waals surface area contributed by atoms with Crippen LogP contribution in [0.25, 0.3) is 0 Å². The lowest BCUT2D eigenvalue weighted by atomic mass is 10.2. The van der Waals surface area contributed by atoms with Crippen LogP contribution in [0, 0.1) is 0 Å². The van der Waals surface area contributed by atoms with Gasteiger partial charge in [-0.25, -0.2) is 0 Å². The SMILES string of the molecule is O=C(NCCNC(=O)c1cc(Br)ccc1Cl)c1ccccc1. The fourth-order valence-corrected chi connectivity index (χ4v) is 2.37. The van der Waals surface area contributed by atoms with Gasteiger partial charge in [-0.05, 0) is 30.3 Å². The Labute approximate surface area is 142 Å². The van der Waals surface area contributed by atoms with E-state index in [1.807, 2.05) is 6.07 Å². The average Bonchev–Trinajstić information content (AvgIpc) is 2.54. The molecule has 2 rings (SSSR count). The number of rotatable bonds is 5. The predicted octanol–water partition coefficient (Wildman–Crippen LogP) is 3.26. The highest BCUT2D eigenvalue weighted by molar-refractivity contribution is 9.10. The second-order valence-electron chi connectivity index (χ2n) is 4.50. The molecule has 0 aliphatic heterocycles. The van der Waals surface area contributed by atoms with Crippen LogP contribution in [0.5, 0.6) is 0 Å². The molecule has 0 radical (unpaired) electrons. The third-order valence-corrected chi connectivity index (χ3v) is 3.73. The lowest BCUT2D eigenvalue weighted by molar-refractivity contribution is 0.0927. The number of hydrogen-bond donors (Lipinski definition) is 2. The highest BCUT2D eigenvalue weighted by atomic mass is 79.9. The molecule has 0 spiro atoms. The maximum absolute atomic E-state index is 12.0. The van der Waals surface area contributed by atoms with Gasteiger partial charge in [0.1, 0.15) is 0 Å². The largest absolute Gasteiger partial charge is 0.350 e. The Bertz CT molecular complexity index is 677. The summed E-state index contributed by atoms with van der Waals surface area (Å²) < 4.78 is 0.777. The van der Waals surface area contributed by atoms with Gasteiger partial charge < -0.3 is 10.6 Å². The monoisotopic (exact) mass is 380 g/mol. The minimum atomic E-state index is -0.278. The summed E-state index contributed by atoms with van der Waals surface area (Å²) in [5, 5.41) is 5.83. The van der Waals surface area contributed by atoms with Crippen molar-refractivity contribution in [2.75, 3.05) is 13.1 Å². The molecule has 0 aromatic heterocycles. The van der Waals surface area contributed by atoms with Crippen molar-refractivity contribution in [3.8, 4) is 0 Å². The Morgan fingerprint density at radius 3 is 2.27 bits per heavy atom. The number of nitrogens with one attached hydrogen (secondary N) is 2. The van der Waals surface area contributed by atoms with Crippen molar-refractivity contribution in [2.24, 2.45) is 0 Å². The van der Waals surface area contributed by atoms with Crippen molar-refractivity contribution in [3.05, 3.63) is 69.2 Å². The molecule has 0 atom stereocenters. The summed E-state index contributed by atoms with van der Waals surface area (Å²) in [5.74, 6) is -0.449. The van der Waals surface area contributed by atoms with Gasteiger partial charge in [-0.15, -0.1) is 0 Å². The van der Waals surface area contributed by atoms with Crippen molar-refractivity contribution < 1.29 is 9.59 Å². The Kier molecular flexibility index (Phi) is 5.98. The molecule has 0 saturated heterocycles. The molecule has 22 heavy (non-hydrogen) atoms. The minimum Gasteiger partial charge on any atom is -0.350 e. The number of carbonyl (C=O) groups is 2. The first-order valence-electron chi connectivity index (χ1n) is 6.64. The van der Waals surface area contributed by atoms with Gasteiger partial charge in [0.2, 0.25) is 0 Å². The molecule has 2 amide bonds. The Morgan fingerprint density at radius 2 is 1.59 bits per heavy atom. The summed E-state index contributed by atoms with van der Waals surface area (Å²) in [5.41, 5.74) is 0.981. The smallest absolute Gasteiger partial charge is 0.252 e. The van der Waals surface area contributed by atoms with Crippen LogP contribution in [0.3, 0.4) is 0 Å². The van der Waals surface area contributed by atoms with Gasteiger partial charge in [0.15, 0.2) is 0 Å². The number of halogens is 2. The van der Waals surface area contributed by atoms with Crippen molar-refractivity contribution in [3.63, 3.8) is 0 Å². The Balaban J connectivity index is 1.80. The van der Waals surface area contributed by atoms with Crippen LogP contribution in [0.15, 0.2) is 53.0 Å². The van der Waals surface area contributed by atoms with E-state index in [9.17, 15) is 9.59 Å². The fraction of sp³-hybridized carbons (Fsp3) is 0.125. The maximum Gasteiger partial charge on any atom is 0.252 e. The topological polar surface area (TPSA) is 58.2 Å². The van der Waals surface area contributed by atoms with E-state index in [0.717, 1.165) is 4.47 Å². The molecule has 0 unspecified atom stereocenters. The Morgan fingerprint density at radius 1 is 0.955 bits per heavy atom. The number of carbonyl (C=O) groups excluding carboxylic acids is 2. The van der Waals surface area contributed by atoms with Crippen LogP contribution in [0.2, 0.25) is 5.02 Å². The van der Waals surface area contributed by atoms with Crippen molar-refractivity contribution >= 4 is 39.3 Å². The van der Waals surface area contributed by atoms with Crippen LogP contribution >= 0.6 is 27.5 Å². The van der Waals surface area contributed by atoms with Gasteiger partial charge in [-0.3, -0.25) is 9.59 Å². The van der Waals surface area contributed by atoms with Gasteiger partial charge in [-0.2, -0.15) is 0 Å². The van der Waals surface area contributed by atoms with E-state index in [0.29, 0.717) is 29.2 Å². The zero-order chi connectivity index (χ0) is 15.9. The standard InChI is InChI=1S/C16H14BrClN2O2/c17-12-6-7-14(18)13(10-12)16(22)20-9-8-19-15(21)11-4-2-1-3-5-11/h1-7,10H,8-9H2,(H,19,21)(H,20,22).